The Kier molecular flexibility index (Phi) is 10.9. The van der Waals surface area contributed by atoms with Gasteiger partial charge in [-0.25, -0.2) is 4.39 Å². The molecule has 3 atom stereocenters. The molecule has 198 valence electrons. The molecule has 7 nitrogen and oxygen atoms in total. The Morgan fingerprint density at radius 2 is 2.00 bits per heavy atom. The van der Waals surface area contributed by atoms with Gasteiger partial charge in [-0.3, -0.25) is 9.59 Å². The van der Waals surface area contributed by atoms with E-state index in [4.69, 9.17) is 11.2 Å². The predicted octanol–water partition coefficient (Wildman–Crippen LogP) is 2.64. The van der Waals surface area contributed by atoms with E-state index in [1.54, 1.807) is 12.1 Å². The number of benzene rings is 2. The summed E-state index contributed by atoms with van der Waals surface area (Å²) in [4.78, 5) is 25.5. The van der Waals surface area contributed by atoms with E-state index in [-0.39, 0.29) is 44.1 Å². The summed E-state index contributed by atoms with van der Waals surface area (Å²) < 4.78 is 19.9. The summed E-state index contributed by atoms with van der Waals surface area (Å²) in [6.07, 6.45) is 6.93. The second-order valence-electron chi connectivity index (χ2n) is 9.29. The number of amides is 2. The van der Waals surface area contributed by atoms with Crippen LogP contribution in [-0.2, 0) is 29.0 Å². The molecule has 2 aromatic rings. The fraction of sp³-hybridized carbons (Fsp3) is 0.448. The standard InChI is InChI=1S/C29H36FN3O4/c1-3-8-24-29(36)33-25(26(34)19-31-18-22-10-7-9-20(4-2)15-22)16-21-12-13-23(30)27(17-21)37-14-6-5-11-28(35)32-24/h1,7,9-10,12-13,15,17,24-26,31,34H,4-6,8,11,14,16,18-19H2,2H3,(H,32,35)(H,33,36). The summed E-state index contributed by atoms with van der Waals surface area (Å²) >= 11 is 0. The van der Waals surface area contributed by atoms with Crippen molar-refractivity contribution in [1.29, 1.82) is 0 Å². The smallest absolute Gasteiger partial charge is 0.243 e. The van der Waals surface area contributed by atoms with Crippen LogP contribution >= 0.6 is 0 Å². The number of aliphatic hydroxyl groups is 1. The molecule has 2 amide bonds. The van der Waals surface area contributed by atoms with Gasteiger partial charge in [0.05, 0.1) is 18.8 Å². The van der Waals surface area contributed by atoms with Gasteiger partial charge in [0.2, 0.25) is 11.8 Å². The van der Waals surface area contributed by atoms with Gasteiger partial charge < -0.3 is 25.8 Å². The third kappa shape index (κ3) is 8.88. The van der Waals surface area contributed by atoms with Gasteiger partial charge in [-0.1, -0.05) is 37.3 Å². The fourth-order valence-electron chi connectivity index (χ4n) is 4.24. The average Bonchev–Trinajstić information content (AvgIpc) is 2.89. The summed E-state index contributed by atoms with van der Waals surface area (Å²) in [5.74, 6) is 1.28. The Bertz CT molecular complexity index is 1100. The number of ether oxygens (including phenoxy) is 1. The van der Waals surface area contributed by atoms with Crippen LogP contribution in [0.5, 0.6) is 5.75 Å². The van der Waals surface area contributed by atoms with Crippen molar-refractivity contribution in [3.05, 3.63) is 65.0 Å². The van der Waals surface area contributed by atoms with Crippen molar-refractivity contribution < 1.29 is 23.8 Å². The number of halogens is 1. The van der Waals surface area contributed by atoms with Crippen LogP contribution in [-0.4, -0.2) is 48.3 Å². The minimum atomic E-state index is -0.967. The van der Waals surface area contributed by atoms with E-state index >= 15 is 0 Å². The second kappa shape index (κ2) is 14.4. The molecule has 2 bridgehead atoms. The molecule has 0 spiro atoms. The van der Waals surface area contributed by atoms with Crippen molar-refractivity contribution in [3.8, 4) is 18.1 Å². The van der Waals surface area contributed by atoms with Gasteiger partial charge >= 0.3 is 0 Å². The van der Waals surface area contributed by atoms with Crippen molar-refractivity contribution in [3.63, 3.8) is 0 Å². The molecule has 37 heavy (non-hydrogen) atoms. The van der Waals surface area contributed by atoms with E-state index in [0.29, 0.717) is 24.9 Å². The normalized spacial score (nSPS) is 19.8. The molecule has 4 N–H and O–H groups in total. The summed E-state index contributed by atoms with van der Waals surface area (Å²) in [5, 5.41) is 19.9. The van der Waals surface area contributed by atoms with Crippen LogP contribution in [0.3, 0.4) is 0 Å². The Morgan fingerprint density at radius 3 is 2.78 bits per heavy atom. The zero-order valence-electron chi connectivity index (χ0n) is 21.3. The average molecular weight is 510 g/mol. The summed E-state index contributed by atoms with van der Waals surface area (Å²) in [6.45, 7) is 3.11. The van der Waals surface area contributed by atoms with Gasteiger partial charge in [0.25, 0.3) is 0 Å². The van der Waals surface area contributed by atoms with Crippen LogP contribution in [0.25, 0.3) is 0 Å². The number of fused-ring (bicyclic) bond motifs is 2. The Labute approximate surface area is 218 Å². The van der Waals surface area contributed by atoms with Crippen LogP contribution < -0.4 is 20.7 Å². The molecule has 8 heteroatoms. The Morgan fingerprint density at radius 1 is 1.19 bits per heavy atom. The number of carbonyl (C=O) groups is 2. The molecule has 0 aliphatic carbocycles. The van der Waals surface area contributed by atoms with Gasteiger partial charge in [0, 0.05) is 25.9 Å². The van der Waals surface area contributed by atoms with Crippen LogP contribution in [0.1, 0.15) is 49.3 Å². The number of carbonyl (C=O) groups excluding carboxylic acids is 2. The second-order valence-corrected chi connectivity index (χ2v) is 9.29. The maximum absolute atomic E-state index is 14.3. The van der Waals surface area contributed by atoms with Gasteiger partial charge in [0.15, 0.2) is 11.6 Å². The van der Waals surface area contributed by atoms with E-state index < -0.39 is 29.9 Å². The number of nitrogens with one attached hydrogen (secondary N) is 3. The number of hydrogen-bond donors (Lipinski definition) is 4. The number of rotatable bonds is 7. The molecular formula is C29H36FN3O4. The zero-order chi connectivity index (χ0) is 26.6. The first kappa shape index (κ1) is 28.2. The highest BCUT2D eigenvalue weighted by molar-refractivity contribution is 5.88. The van der Waals surface area contributed by atoms with Crippen LogP contribution in [0.4, 0.5) is 4.39 Å². The fourth-order valence-corrected chi connectivity index (χ4v) is 4.24. The quantitative estimate of drug-likeness (QED) is 0.430. The highest BCUT2D eigenvalue weighted by Crippen LogP contribution is 2.21. The van der Waals surface area contributed by atoms with E-state index in [9.17, 15) is 19.1 Å². The number of hydrogen-bond acceptors (Lipinski definition) is 5. The third-order valence-corrected chi connectivity index (χ3v) is 6.36. The molecule has 0 saturated heterocycles. The molecule has 3 rings (SSSR count). The van der Waals surface area contributed by atoms with Crippen LogP contribution in [0.15, 0.2) is 42.5 Å². The lowest BCUT2D eigenvalue weighted by Crippen LogP contribution is -2.54. The van der Waals surface area contributed by atoms with Crippen LogP contribution in [0, 0.1) is 18.2 Å². The summed E-state index contributed by atoms with van der Waals surface area (Å²) in [5.41, 5.74) is 3.02. The topological polar surface area (TPSA) is 99.7 Å². The van der Waals surface area contributed by atoms with Crippen LogP contribution in [0.2, 0.25) is 0 Å². The molecule has 0 aromatic heterocycles. The molecule has 1 aliphatic heterocycles. The largest absolute Gasteiger partial charge is 0.491 e. The monoisotopic (exact) mass is 509 g/mol. The third-order valence-electron chi connectivity index (χ3n) is 6.36. The van der Waals surface area contributed by atoms with Crippen molar-refractivity contribution in [1.82, 2.24) is 16.0 Å². The predicted molar refractivity (Wildman–Crippen MR) is 140 cm³/mol. The lowest BCUT2D eigenvalue weighted by molar-refractivity contribution is -0.129. The van der Waals surface area contributed by atoms with E-state index in [1.807, 2.05) is 12.1 Å². The highest BCUT2D eigenvalue weighted by Gasteiger charge is 2.27. The molecule has 0 radical (unpaired) electrons. The molecule has 3 unspecified atom stereocenters. The summed E-state index contributed by atoms with van der Waals surface area (Å²) in [7, 11) is 0. The minimum Gasteiger partial charge on any atom is -0.491 e. The molecule has 0 saturated carbocycles. The number of aliphatic hydroxyl groups excluding tert-OH is 1. The van der Waals surface area contributed by atoms with Crippen molar-refractivity contribution >= 4 is 11.8 Å². The number of aryl methyl sites for hydroxylation is 1. The maximum atomic E-state index is 14.3. The maximum Gasteiger partial charge on any atom is 0.243 e. The molecule has 1 aliphatic rings. The van der Waals surface area contributed by atoms with Gasteiger partial charge in [-0.2, -0.15) is 0 Å². The van der Waals surface area contributed by atoms with E-state index in [0.717, 1.165) is 12.0 Å². The van der Waals surface area contributed by atoms with Crippen molar-refractivity contribution in [2.45, 2.75) is 70.2 Å². The SMILES string of the molecule is C#CCC1NC(=O)CCCCOc2cc(ccc2F)CC(C(O)CNCc2cccc(CC)c2)NC1=O. The van der Waals surface area contributed by atoms with Gasteiger partial charge in [-0.15, -0.1) is 12.3 Å². The zero-order valence-corrected chi connectivity index (χ0v) is 21.3. The number of terminal acetylenes is 1. The first-order valence-corrected chi connectivity index (χ1v) is 12.8. The molecule has 2 aromatic carbocycles. The molecule has 1 heterocycles. The Balaban J connectivity index is 1.78. The minimum absolute atomic E-state index is 0.0240. The van der Waals surface area contributed by atoms with E-state index in [2.05, 4.69) is 40.9 Å². The lowest BCUT2D eigenvalue weighted by atomic mass is 9.99. The highest BCUT2D eigenvalue weighted by atomic mass is 19.1. The van der Waals surface area contributed by atoms with Crippen molar-refractivity contribution in [2.24, 2.45) is 0 Å². The van der Waals surface area contributed by atoms with Gasteiger partial charge in [0.1, 0.15) is 6.04 Å². The lowest BCUT2D eigenvalue weighted by Gasteiger charge is -2.27. The first-order chi connectivity index (χ1) is 17.9. The first-order valence-electron chi connectivity index (χ1n) is 12.8. The summed E-state index contributed by atoms with van der Waals surface area (Å²) in [6, 6.07) is 11.1. The van der Waals surface area contributed by atoms with Gasteiger partial charge in [-0.05, 0) is 54.5 Å². The Hall–Kier alpha value is -3.41. The van der Waals surface area contributed by atoms with E-state index in [1.165, 1.54) is 11.6 Å². The molecule has 0 fully saturated rings. The molecular weight excluding hydrogens is 473 g/mol. The van der Waals surface area contributed by atoms with Crippen molar-refractivity contribution in [2.75, 3.05) is 13.2 Å².